The number of hydrogen-bond donors (Lipinski definition) is 1. The van der Waals surface area contributed by atoms with Crippen LogP contribution in [0.4, 0.5) is 0 Å². The summed E-state index contributed by atoms with van der Waals surface area (Å²) in [6.45, 7) is 1.99. The van der Waals surface area contributed by atoms with Gasteiger partial charge >= 0.3 is 0 Å². The number of nitrogens with zero attached hydrogens (tertiary/aromatic N) is 1. The molecule has 1 N–H and O–H groups in total. The Morgan fingerprint density at radius 3 is 2.48 bits per heavy atom. The molecule has 7 heteroatoms. The first-order valence-electron chi connectivity index (χ1n) is 10.7. The van der Waals surface area contributed by atoms with Crippen molar-refractivity contribution in [1.82, 2.24) is 9.62 Å². The molecule has 0 aromatic heterocycles. The van der Waals surface area contributed by atoms with Gasteiger partial charge in [0.05, 0.1) is 18.0 Å². The maximum atomic E-state index is 12.6. The van der Waals surface area contributed by atoms with Gasteiger partial charge in [0.2, 0.25) is 15.9 Å². The SMILES string of the molecule is COc1ccc(S(=O)(=O)N(C)C)cc1CCC(=O)N[C@H](C)c1ccc2c(c1)CCCC2. The smallest absolute Gasteiger partial charge is 0.242 e. The summed E-state index contributed by atoms with van der Waals surface area (Å²) >= 11 is 0. The van der Waals surface area contributed by atoms with Crippen molar-refractivity contribution in [2.75, 3.05) is 21.2 Å². The molecular formula is C24H32N2O4S. The number of fused-ring (bicyclic) bond motifs is 1. The third kappa shape index (κ3) is 5.46. The molecule has 168 valence electrons. The lowest BCUT2D eigenvalue weighted by molar-refractivity contribution is -0.121. The number of sulfonamides is 1. The van der Waals surface area contributed by atoms with Crippen molar-refractivity contribution < 1.29 is 17.9 Å². The van der Waals surface area contributed by atoms with E-state index in [1.807, 2.05) is 6.92 Å². The topological polar surface area (TPSA) is 75.7 Å². The van der Waals surface area contributed by atoms with Crippen LogP contribution in [0.25, 0.3) is 0 Å². The van der Waals surface area contributed by atoms with Gasteiger partial charge in [-0.2, -0.15) is 0 Å². The Hall–Kier alpha value is -2.38. The van der Waals surface area contributed by atoms with Gasteiger partial charge in [-0.25, -0.2) is 12.7 Å². The molecule has 3 rings (SSSR count). The van der Waals surface area contributed by atoms with Gasteiger partial charge in [-0.15, -0.1) is 0 Å². The normalized spacial score (nSPS) is 14.7. The van der Waals surface area contributed by atoms with Gasteiger partial charge in [0.25, 0.3) is 0 Å². The Bertz CT molecular complexity index is 1050. The van der Waals surface area contributed by atoms with Crippen molar-refractivity contribution >= 4 is 15.9 Å². The molecule has 0 aliphatic heterocycles. The average Bonchev–Trinajstić information content (AvgIpc) is 2.76. The number of aryl methyl sites for hydroxylation is 3. The number of benzene rings is 2. The first-order chi connectivity index (χ1) is 14.7. The number of carbonyl (C=O) groups is 1. The van der Waals surface area contributed by atoms with Crippen LogP contribution in [0.15, 0.2) is 41.3 Å². The minimum Gasteiger partial charge on any atom is -0.496 e. The maximum Gasteiger partial charge on any atom is 0.242 e. The van der Waals surface area contributed by atoms with Crippen LogP contribution in [-0.2, 0) is 34.1 Å². The number of nitrogens with one attached hydrogen (secondary N) is 1. The zero-order chi connectivity index (χ0) is 22.6. The molecule has 1 aliphatic carbocycles. The van der Waals surface area contributed by atoms with E-state index in [-0.39, 0.29) is 23.3 Å². The summed E-state index contributed by atoms with van der Waals surface area (Å²) in [6.07, 6.45) is 5.36. The van der Waals surface area contributed by atoms with Crippen LogP contribution in [-0.4, -0.2) is 39.8 Å². The molecule has 1 amide bonds. The van der Waals surface area contributed by atoms with Crippen molar-refractivity contribution in [3.8, 4) is 5.75 Å². The standard InChI is InChI=1S/C24H32N2O4S/c1-17(19-10-9-18-7-5-6-8-20(18)15-19)25-24(27)14-11-21-16-22(12-13-23(21)30-4)31(28,29)26(2)3/h9-10,12-13,15-17H,5-8,11,14H2,1-4H3,(H,25,27)/t17-/m1/s1. The minimum atomic E-state index is -3.55. The number of rotatable bonds is 8. The quantitative estimate of drug-likeness (QED) is 0.675. The predicted molar refractivity (Wildman–Crippen MR) is 122 cm³/mol. The lowest BCUT2D eigenvalue weighted by atomic mass is 9.89. The van der Waals surface area contributed by atoms with E-state index < -0.39 is 10.0 Å². The molecule has 1 aliphatic rings. The highest BCUT2D eigenvalue weighted by Gasteiger charge is 2.20. The van der Waals surface area contributed by atoms with Crippen molar-refractivity contribution in [3.63, 3.8) is 0 Å². The second-order valence-electron chi connectivity index (χ2n) is 8.29. The number of methoxy groups -OCH3 is 1. The Morgan fingerprint density at radius 1 is 1.10 bits per heavy atom. The van der Waals surface area contributed by atoms with Crippen LogP contribution in [0.2, 0.25) is 0 Å². The van der Waals surface area contributed by atoms with Crippen LogP contribution in [0.1, 0.15) is 54.5 Å². The van der Waals surface area contributed by atoms with E-state index in [1.165, 1.54) is 55.5 Å². The summed E-state index contributed by atoms with van der Waals surface area (Å²) < 4.78 is 31.4. The molecular weight excluding hydrogens is 412 g/mol. The van der Waals surface area contributed by atoms with Crippen LogP contribution < -0.4 is 10.1 Å². The lowest BCUT2D eigenvalue weighted by Gasteiger charge is -2.20. The molecule has 0 radical (unpaired) electrons. The average molecular weight is 445 g/mol. The van der Waals surface area contributed by atoms with E-state index in [4.69, 9.17) is 4.74 Å². The summed E-state index contributed by atoms with van der Waals surface area (Å²) in [7, 11) is 0.980. The van der Waals surface area contributed by atoms with Gasteiger partial charge in [-0.05, 0) is 79.5 Å². The van der Waals surface area contributed by atoms with Crippen molar-refractivity contribution in [3.05, 3.63) is 58.7 Å². The van der Waals surface area contributed by atoms with Crippen LogP contribution in [0.3, 0.4) is 0 Å². The highest BCUT2D eigenvalue weighted by Crippen LogP contribution is 2.26. The van der Waals surface area contributed by atoms with Crippen molar-refractivity contribution in [1.29, 1.82) is 0 Å². The summed E-state index contributed by atoms with van der Waals surface area (Å²) in [5, 5.41) is 3.07. The first-order valence-corrected chi connectivity index (χ1v) is 12.2. The van der Waals surface area contributed by atoms with E-state index in [0.717, 1.165) is 18.4 Å². The summed E-state index contributed by atoms with van der Waals surface area (Å²) in [5.74, 6) is 0.501. The largest absolute Gasteiger partial charge is 0.496 e. The molecule has 2 aromatic rings. The van der Waals surface area contributed by atoms with E-state index in [1.54, 1.807) is 12.1 Å². The molecule has 0 unspecified atom stereocenters. The molecule has 0 saturated carbocycles. The van der Waals surface area contributed by atoms with Crippen LogP contribution >= 0.6 is 0 Å². The lowest BCUT2D eigenvalue weighted by Crippen LogP contribution is -2.27. The highest BCUT2D eigenvalue weighted by molar-refractivity contribution is 7.89. The molecule has 0 fully saturated rings. The zero-order valence-electron chi connectivity index (χ0n) is 18.8. The van der Waals surface area contributed by atoms with Gasteiger partial charge in [0.15, 0.2) is 0 Å². The van der Waals surface area contributed by atoms with Crippen LogP contribution in [0.5, 0.6) is 5.75 Å². The molecule has 6 nitrogen and oxygen atoms in total. The molecule has 0 spiro atoms. The van der Waals surface area contributed by atoms with Gasteiger partial charge in [-0.1, -0.05) is 18.2 Å². The summed E-state index contributed by atoms with van der Waals surface area (Å²) in [4.78, 5) is 12.8. The number of ether oxygens (including phenoxy) is 1. The molecule has 0 saturated heterocycles. The second-order valence-corrected chi connectivity index (χ2v) is 10.4. The Labute approximate surface area is 185 Å². The number of carbonyl (C=O) groups excluding carboxylic acids is 1. The van der Waals surface area contributed by atoms with E-state index >= 15 is 0 Å². The summed E-state index contributed by atoms with van der Waals surface area (Å²) in [5.41, 5.74) is 4.63. The van der Waals surface area contributed by atoms with Crippen molar-refractivity contribution in [2.45, 2.75) is 56.4 Å². The molecule has 0 heterocycles. The Morgan fingerprint density at radius 2 is 1.81 bits per heavy atom. The fourth-order valence-corrected chi connectivity index (χ4v) is 4.94. The van der Waals surface area contributed by atoms with Crippen LogP contribution in [0, 0.1) is 0 Å². The first kappa shape index (κ1) is 23.3. The van der Waals surface area contributed by atoms with Crippen molar-refractivity contribution in [2.24, 2.45) is 0 Å². The van der Waals surface area contributed by atoms with E-state index in [0.29, 0.717) is 17.7 Å². The molecule has 2 aromatic carbocycles. The Balaban J connectivity index is 1.66. The zero-order valence-corrected chi connectivity index (χ0v) is 19.6. The van der Waals surface area contributed by atoms with Gasteiger partial charge in [0, 0.05) is 20.5 Å². The monoisotopic (exact) mass is 444 g/mol. The third-order valence-corrected chi connectivity index (χ3v) is 7.71. The Kier molecular flexibility index (Phi) is 7.38. The number of hydrogen-bond acceptors (Lipinski definition) is 4. The molecule has 0 bridgehead atoms. The minimum absolute atomic E-state index is 0.0758. The fourth-order valence-electron chi connectivity index (χ4n) is 3.99. The summed E-state index contributed by atoms with van der Waals surface area (Å²) in [6, 6.07) is 11.2. The van der Waals surface area contributed by atoms with E-state index in [2.05, 4.69) is 23.5 Å². The third-order valence-electron chi connectivity index (χ3n) is 5.90. The predicted octanol–water partition coefficient (Wildman–Crippen LogP) is 3.63. The van der Waals surface area contributed by atoms with E-state index in [9.17, 15) is 13.2 Å². The second kappa shape index (κ2) is 9.83. The fraction of sp³-hybridized carbons (Fsp3) is 0.458. The molecule has 31 heavy (non-hydrogen) atoms. The van der Waals surface area contributed by atoms with Gasteiger partial charge in [-0.3, -0.25) is 4.79 Å². The highest BCUT2D eigenvalue weighted by atomic mass is 32.2. The maximum absolute atomic E-state index is 12.6. The van der Waals surface area contributed by atoms with Gasteiger partial charge in [0.1, 0.15) is 5.75 Å². The molecule has 1 atom stereocenters. The number of amides is 1. The van der Waals surface area contributed by atoms with Gasteiger partial charge < -0.3 is 10.1 Å².